The van der Waals surface area contributed by atoms with Crippen LogP contribution in [0.15, 0.2) is 24.3 Å². The molecule has 152 valence electrons. The van der Waals surface area contributed by atoms with Crippen LogP contribution in [0.5, 0.6) is 0 Å². The fourth-order valence-electron chi connectivity index (χ4n) is 3.44. The minimum Gasteiger partial charge on any atom is -0.398 e. The van der Waals surface area contributed by atoms with E-state index in [0.717, 1.165) is 12.1 Å². The van der Waals surface area contributed by atoms with Crippen LogP contribution in [0.1, 0.15) is 41.0 Å². The molecule has 0 unspecified atom stereocenters. The molecular weight excluding hydrogens is 400 g/mol. The lowest BCUT2D eigenvalue weighted by molar-refractivity contribution is 0.0726. The van der Waals surface area contributed by atoms with Gasteiger partial charge < -0.3 is 10.6 Å². The van der Waals surface area contributed by atoms with Gasteiger partial charge in [0.15, 0.2) is 0 Å². The van der Waals surface area contributed by atoms with Crippen LogP contribution in [0.4, 0.5) is 5.69 Å². The van der Waals surface area contributed by atoms with Gasteiger partial charge in [0.05, 0.1) is 11.5 Å². The monoisotopic (exact) mass is 424 g/mol. The van der Waals surface area contributed by atoms with E-state index in [1.807, 2.05) is 6.92 Å². The van der Waals surface area contributed by atoms with E-state index >= 15 is 0 Å². The number of hydrogen-bond acceptors (Lipinski definition) is 5. The zero-order valence-electron chi connectivity index (χ0n) is 15.8. The molecule has 1 saturated heterocycles. The summed E-state index contributed by atoms with van der Waals surface area (Å²) < 4.78 is 23.3. The zero-order chi connectivity index (χ0) is 20.3. The van der Waals surface area contributed by atoms with Crippen LogP contribution in [-0.4, -0.2) is 47.5 Å². The maximum atomic E-state index is 13.0. The number of carbonyl (C=O) groups excluding carboxylic acids is 1. The number of nitrogens with one attached hydrogen (secondary N) is 1. The summed E-state index contributed by atoms with van der Waals surface area (Å²) in [6.45, 7) is 2.60. The van der Waals surface area contributed by atoms with Crippen molar-refractivity contribution in [2.75, 3.05) is 23.8 Å². The van der Waals surface area contributed by atoms with E-state index in [4.69, 9.17) is 17.3 Å². The van der Waals surface area contributed by atoms with Crippen molar-refractivity contribution >= 4 is 33.0 Å². The van der Waals surface area contributed by atoms with Crippen LogP contribution in [0.3, 0.4) is 0 Å². The Balaban J connectivity index is 1.75. The highest BCUT2D eigenvalue weighted by molar-refractivity contribution is 7.91. The minimum atomic E-state index is -2.90. The van der Waals surface area contributed by atoms with Gasteiger partial charge in [-0.15, -0.1) is 0 Å². The number of aryl methyl sites for hydroxylation is 1. The van der Waals surface area contributed by atoms with Crippen molar-refractivity contribution in [1.82, 2.24) is 15.1 Å². The van der Waals surface area contributed by atoms with Crippen LogP contribution in [0.25, 0.3) is 0 Å². The number of nitrogens with two attached hydrogens (primary N) is 1. The van der Waals surface area contributed by atoms with Crippen molar-refractivity contribution in [1.29, 1.82) is 0 Å². The first-order valence-electron chi connectivity index (χ1n) is 9.30. The Labute approximate surface area is 170 Å². The number of benzene rings is 1. The molecule has 1 aromatic carbocycles. The van der Waals surface area contributed by atoms with Crippen molar-refractivity contribution in [3.63, 3.8) is 0 Å². The largest absolute Gasteiger partial charge is 0.398 e. The van der Waals surface area contributed by atoms with Gasteiger partial charge in [-0.05, 0) is 50.3 Å². The highest BCUT2D eigenvalue weighted by atomic mass is 35.5. The second-order valence-electron chi connectivity index (χ2n) is 7.35. The molecule has 1 aliphatic rings. The summed E-state index contributed by atoms with van der Waals surface area (Å²) in [7, 11) is -2.90. The van der Waals surface area contributed by atoms with Crippen molar-refractivity contribution in [2.45, 2.75) is 32.7 Å². The average Bonchev–Trinajstić information content (AvgIpc) is 3.08. The van der Waals surface area contributed by atoms with E-state index in [1.165, 1.54) is 0 Å². The van der Waals surface area contributed by atoms with Crippen LogP contribution in [0, 0.1) is 12.8 Å². The molecule has 2 heterocycles. The molecule has 0 spiro atoms. The number of nitrogen functional groups attached to an aromatic ring is 1. The second-order valence-corrected chi connectivity index (χ2v) is 10.1. The van der Waals surface area contributed by atoms with E-state index in [2.05, 4.69) is 10.2 Å². The molecule has 3 N–H and O–H groups in total. The van der Waals surface area contributed by atoms with Gasteiger partial charge in [0, 0.05) is 35.1 Å². The van der Waals surface area contributed by atoms with Gasteiger partial charge in [-0.1, -0.05) is 17.7 Å². The third kappa shape index (κ3) is 5.05. The molecule has 0 atom stereocenters. The normalized spacial score (nSPS) is 16.8. The quantitative estimate of drug-likeness (QED) is 0.693. The molecule has 1 aromatic heterocycles. The van der Waals surface area contributed by atoms with Crippen LogP contribution < -0.4 is 5.73 Å². The Bertz CT molecular complexity index is 924. The van der Waals surface area contributed by atoms with Crippen LogP contribution in [0.2, 0.25) is 5.02 Å². The molecule has 0 saturated carbocycles. The van der Waals surface area contributed by atoms with E-state index in [1.54, 1.807) is 29.2 Å². The summed E-state index contributed by atoms with van der Waals surface area (Å²) in [6, 6.07) is 6.99. The molecule has 0 radical (unpaired) electrons. The number of aromatic amines is 1. The molecule has 1 amide bonds. The Hall–Kier alpha value is -2.06. The Kier molecular flexibility index (Phi) is 6.30. The summed E-state index contributed by atoms with van der Waals surface area (Å²) in [5.41, 5.74) is 8.46. The number of nitrogens with zero attached hydrogens (tertiary/aromatic N) is 2. The lowest BCUT2D eigenvalue weighted by Gasteiger charge is -2.27. The fourth-order valence-corrected chi connectivity index (χ4v) is 5.27. The molecule has 0 aliphatic carbocycles. The number of halogens is 1. The zero-order valence-corrected chi connectivity index (χ0v) is 17.4. The van der Waals surface area contributed by atoms with Crippen molar-refractivity contribution in [2.24, 2.45) is 5.92 Å². The number of carbonyl (C=O) groups is 1. The maximum Gasteiger partial charge on any atom is 0.274 e. The number of aromatic nitrogens is 2. The summed E-state index contributed by atoms with van der Waals surface area (Å²) in [5.74, 6) is 0.527. The second kappa shape index (κ2) is 8.53. The van der Waals surface area contributed by atoms with Gasteiger partial charge in [0.25, 0.3) is 5.91 Å². The number of hydrogen-bond donors (Lipinski definition) is 2. The molecule has 1 fully saturated rings. The molecule has 1 aliphatic heterocycles. The molecule has 2 aromatic rings. The number of anilines is 1. The standard InChI is InChI=1S/C19H25ClN4O3S/c1-13-11-18(23-22-13)19(25)24(12-15-16(20)3-2-4-17(15)21)8-5-14-6-9-28(26,27)10-7-14/h2-4,11,14H,5-10,12,21H2,1H3,(H,22,23). The minimum absolute atomic E-state index is 0.202. The van der Waals surface area contributed by atoms with Gasteiger partial charge in [0.1, 0.15) is 15.5 Å². The Morgan fingerprint density at radius 2 is 2.07 bits per heavy atom. The molecule has 3 rings (SSSR count). The summed E-state index contributed by atoms with van der Waals surface area (Å²) in [6.07, 6.45) is 2.01. The van der Waals surface area contributed by atoms with Gasteiger partial charge in [0.2, 0.25) is 0 Å². The van der Waals surface area contributed by atoms with Gasteiger partial charge >= 0.3 is 0 Å². The van der Waals surface area contributed by atoms with Crippen molar-refractivity contribution < 1.29 is 13.2 Å². The van der Waals surface area contributed by atoms with E-state index in [9.17, 15) is 13.2 Å². The molecule has 9 heteroatoms. The van der Waals surface area contributed by atoms with Crippen LogP contribution in [-0.2, 0) is 16.4 Å². The number of rotatable bonds is 6. The number of sulfone groups is 1. The summed E-state index contributed by atoms with van der Waals surface area (Å²) in [5, 5.41) is 7.38. The number of amides is 1. The van der Waals surface area contributed by atoms with E-state index in [-0.39, 0.29) is 29.9 Å². The molecular formula is C19H25ClN4O3S. The van der Waals surface area contributed by atoms with Crippen molar-refractivity contribution in [3.05, 3.63) is 46.2 Å². The molecule has 0 bridgehead atoms. The first kappa shape index (κ1) is 20.7. The van der Waals surface area contributed by atoms with Gasteiger partial charge in [-0.2, -0.15) is 5.10 Å². The SMILES string of the molecule is Cc1cc(C(=O)N(CCC2CCS(=O)(=O)CC2)Cc2c(N)cccc2Cl)n[nH]1. The highest BCUT2D eigenvalue weighted by Gasteiger charge is 2.26. The maximum absolute atomic E-state index is 13.0. The highest BCUT2D eigenvalue weighted by Crippen LogP contribution is 2.26. The van der Waals surface area contributed by atoms with E-state index < -0.39 is 9.84 Å². The molecule has 28 heavy (non-hydrogen) atoms. The van der Waals surface area contributed by atoms with Gasteiger partial charge in [-0.3, -0.25) is 9.89 Å². The lowest BCUT2D eigenvalue weighted by Crippen LogP contribution is -2.34. The smallest absolute Gasteiger partial charge is 0.274 e. The predicted molar refractivity (Wildman–Crippen MR) is 110 cm³/mol. The molecule has 7 nitrogen and oxygen atoms in total. The average molecular weight is 425 g/mol. The third-order valence-electron chi connectivity index (χ3n) is 5.20. The van der Waals surface area contributed by atoms with Gasteiger partial charge in [-0.25, -0.2) is 8.42 Å². The van der Waals surface area contributed by atoms with Crippen molar-refractivity contribution in [3.8, 4) is 0 Å². The number of H-pyrrole nitrogens is 1. The Morgan fingerprint density at radius 3 is 2.68 bits per heavy atom. The lowest BCUT2D eigenvalue weighted by atomic mass is 9.98. The first-order valence-corrected chi connectivity index (χ1v) is 11.5. The Morgan fingerprint density at radius 1 is 1.36 bits per heavy atom. The van der Waals surface area contributed by atoms with Crippen LogP contribution >= 0.6 is 11.6 Å². The van der Waals surface area contributed by atoms with E-state index in [0.29, 0.717) is 41.4 Å². The fraction of sp³-hybridized carbons (Fsp3) is 0.474. The third-order valence-corrected chi connectivity index (χ3v) is 7.27. The summed E-state index contributed by atoms with van der Waals surface area (Å²) in [4.78, 5) is 14.7. The topological polar surface area (TPSA) is 109 Å². The first-order chi connectivity index (χ1) is 13.2. The summed E-state index contributed by atoms with van der Waals surface area (Å²) >= 11 is 6.30. The predicted octanol–water partition coefficient (Wildman–Crippen LogP) is 2.81.